The molecule has 2 aliphatic rings. The Morgan fingerprint density at radius 1 is 0.912 bits per heavy atom. The minimum Gasteiger partial charge on any atom is -0.508 e. The van der Waals surface area contributed by atoms with E-state index in [9.17, 15) is 13.5 Å². The molecular weight excluding hydrogens is 448 g/mol. The van der Waals surface area contributed by atoms with Gasteiger partial charge >= 0.3 is 0 Å². The molecule has 0 aromatic heterocycles. The molecule has 0 radical (unpaired) electrons. The maximum Gasteiger partial charge on any atom is 0.243 e. The number of hydrogen-bond acceptors (Lipinski definition) is 5. The molecule has 0 saturated carbocycles. The van der Waals surface area contributed by atoms with Crippen molar-refractivity contribution in [2.45, 2.75) is 30.2 Å². The summed E-state index contributed by atoms with van der Waals surface area (Å²) in [6.07, 6.45) is 3.07. The van der Waals surface area contributed by atoms with Crippen molar-refractivity contribution < 1.29 is 18.3 Å². The van der Waals surface area contributed by atoms with Crippen LogP contribution in [0.3, 0.4) is 0 Å². The lowest BCUT2D eigenvalue weighted by Crippen LogP contribution is -2.40. The highest BCUT2D eigenvalue weighted by atomic mass is 32.2. The molecule has 0 aliphatic carbocycles. The summed E-state index contributed by atoms with van der Waals surface area (Å²) in [7, 11) is -3.71. The Balaban J connectivity index is 1.43. The zero-order valence-electron chi connectivity index (χ0n) is 19.1. The molecule has 178 valence electrons. The van der Waals surface area contributed by atoms with Crippen LogP contribution in [-0.4, -0.2) is 55.5 Å². The van der Waals surface area contributed by atoms with Gasteiger partial charge in [0.15, 0.2) is 0 Å². The largest absolute Gasteiger partial charge is 0.508 e. The van der Waals surface area contributed by atoms with Crippen molar-refractivity contribution in [3.05, 3.63) is 89.5 Å². The summed E-state index contributed by atoms with van der Waals surface area (Å²) in [6.45, 7) is 4.19. The quantitative estimate of drug-likeness (QED) is 0.551. The number of likely N-dealkylation sites (tertiary alicyclic amines) is 1. The number of hydrogen-bond donors (Lipinski definition) is 1. The summed E-state index contributed by atoms with van der Waals surface area (Å²) in [5.41, 5.74) is 2.74. The zero-order chi connectivity index (χ0) is 23.5. The average molecular weight is 479 g/mol. The summed E-state index contributed by atoms with van der Waals surface area (Å²) in [6, 6.07) is 21.0. The van der Waals surface area contributed by atoms with Crippen molar-refractivity contribution in [2.24, 2.45) is 0 Å². The maximum absolute atomic E-state index is 13.6. The molecule has 1 fully saturated rings. The van der Waals surface area contributed by atoms with Gasteiger partial charge in [-0.25, -0.2) is 8.42 Å². The fraction of sp³-hybridized carbons (Fsp3) is 0.333. The second-order valence-corrected chi connectivity index (χ2v) is 10.8. The minimum absolute atomic E-state index is 0.193. The number of fused-ring (bicyclic) bond motifs is 1. The van der Waals surface area contributed by atoms with E-state index in [2.05, 4.69) is 4.90 Å². The predicted octanol–water partition coefficient (Wildman–Crippen LogP) is 4.20. The van der Waals surface area contributed by atoms with Gasteiger partial charge < -0.3 is 9.84 Å². The van der Waals surface area contributed by atoms with E-state index in [1.165, 1.54) is 12.8 Å². The van der Waals surface area contributed by atoms with Crippen LogP contribution in [0.15, 0.2) is 77.7 Å². The Labute approximate surface area is 201 Å². The van der Waals surface area contributed by atoms with E-state index in [1.807, 2.05) is 36.4 Å². The molecule has 0 bridgehead atoms. The molecule has 5 rings (SSSR count). The number of nitrogens with zero attached hydrogens (tertiary/aromatic N) is 2. The highest BCUT2D eigenvalue weighted by molar-refractivity contribution is 7.89. The van der Waals surface area contributed by atoms with Crippen LogP contribution in [-0.2, 0) is 16.4 Å². The first-order valence-corrected chi connectivity index (χ1v) is 13.3. The number of aromatic hydroxyl groups is 1. The highest BCUT2D eigenvalue weighted by Gasteiger charge is 2.37. The average Bonchev–Trinajstić information content (AvgIpc) is 3.38. The van der Waals surface area contributed by atoms with Gasteiger partial charge in [-0.15, -0.1) is 0 Å². The van der Waals surface area contributed by atoms with Gasteiger partial charge in [-0.2, -0.15) is 4.31 Å². The first-order valence-electron chi connectivity index (χ1n) is 11.9. The third-order valence-electron chi connectivity index (χ3n) is 6.73. The highest BCUT2D eigenvalue weighted by Crippen LogP contribution is 2.40. The van der Waals surface area contributed by atoms with E-state index >= 15 is 0 Å². The van der Waals surface area contributed by atoms with Crippen LogP contribution in [0.5, 0.6) is 11.5 Å². The first-order chi connectivity index (χ1) is 16.5. The summed E-state index contributed by atoms with van der Waals surface area (Å²) in [5.74, 6) is 0.973. The monoisotopic (exact) mass is 478 g/mol. The topological polar surface area (TPSA) is 70.1 Å². The van der Waals surface area contributed by atoms with Crippen molar-refractivity contribution in [2.75, 3.05) is 32.8 Å². The molecule has 2 heterocycles. The predicted molar refractivity (Wildman–Crippen MR) is 132 cm³/mol. The lowest BCUT2D eigenvalue weighted by atomic mass is 9.89. The second kappa shape index (κ2) is 9.78. The number of rotatable bonds is 7. The van der Waals surface area contributed by atoms with Crippen LogP contribution < -0.4 is 4.74 Å². The van der Waals surface area contributed by atoms with Gasteiger partial charge in [-0.05, 0) is 85.4 Å². The molecule has 1 saturated heterocycles. The van der Waals surface area contributed by atoms with Gasteiger partial charge in [0.2, 0.25) is 10.0 Å². The van der Waals surface area contributed by atoms with Crippen molar-refractivity contribution in [3.63, 3.8) is 0 Å². The van der Waals surface area contributed by atoms with Gasteiger partial charge in [0.25, 0.3) is 0 Å². The Kier molecular flexibility index (Phi) is 6.59. The van der Waals surface area contributed by atoms with Gasteiger partial charge in [0.05, 0.1) is 10.9 Å². The van der Waals surface area contributed by atoms with Crippen molar-refractivity contribution >= 4 is 10.0 Å². The molecule has 1 N–H and O–H groups in total. The fourth-order valence-corrected chi connectivity index (χ4v) is 6.58. The molecule has 6 nitrogen and oxygen atoms in total. The second-order valence-electron chi connectivity index (χ2n) is 8.93. The maximum atomic E-state index is 13.6. The lowest BCUT2D eigenvalue weighted by Gasteiger charge is -2.37. The van der Waals surface area contributed by atoms with E-state index in [-0.39, 0.29) is 10.6 Å². The molecule has 2 aliphatic heterocycles. The van der Waals surface area contributed by atoms with Crippen LogP contribution in [0.25, 0.3) is 0 Å². The fourth-order valence-electron chi connectivity index (χ4n) is 4.97. The van der Waals surface area contributed by atoms with E-state index in [0.29, 0.717) is 19.6 Å². The Morgan fingerprint density at radius 2 is 1.65 bits per heavy atom. The number of phenolic OH excluding ortho intramolecular Hbond substituents is 1. The number of ether oxygens (including phenoxy) is 1. The van der Waals surface area contributed by atoms with Gasteiger partial charge in [0.1, 0.15) is 18.1 Å². The number of benzene rings is 3. The molecule has 7 heteroatoms. The van der Waals surface area contributed by atoms with Crippen molar-refractivity contribution in [1.82, 2.24) is 9.21 Å². The van der Waals surface area contributed by atoms with Gasteiger partial charge in [-0.1, -0.05) is 36.4 Å². The zero-order valence-corrected chi connectivity index (χ0v) is 20.0. The summed E-state index contributed by atoms with van der Waals surface area (Å²) in [4.78, 5) is 2.69. The molecule has 1 atom stereocenters. The number of sulfonamides is 1. The third kappa shape index (κ3) is 4.69. The van der Waals surface area contributed by atoms with Crippen molar-refractivity contribution in [3.8, 4) is 11.5 Å². The Bertz CT molecular complexity index is 1220. The molecule has 0 unspecified atom stereocenters. The Morgan fingerprint density at radius 3 is 2.38 bits per heavy atom. The van der Waals surface area contributed by atoms with E-state index in [0.717, 1.165) is 42.1 Å². The van der Waals surface area contributed by atoms with Crippen LogP contribution >= 0.6 is 0 Å². The molecule has 0 amide bonds. The van der Waals surface area contributed by atoms with Crippen LogP contribution in [0.4, 0.5) is 0 Å². The van der Waals surface area contributed by atoms with Crippen LogP contribution in [0.1, 0.15) is 35.6 Å². The molecule has 34 heavy (non-hydrogen) atoms. The third-order valence-corrected chi connectivity index (χ3v) is 8.61. The number of phenols is 1. The summed E-state index contributed by atoms with van der Waals surface area (Å²) in [5, 5.41) is 9.99. The van der Waals surface area contributed by atoms with Gasteiger partial charge in [-0.3, -0.25) is 4.90 Å². The van der Waals surface area contributed by atoms with Crippen molar-refractivity contribution in [1.29, 1.82) is 0 Å². The molecule has 3 aromatic rings. The molecular formula is C27H30N2O4S. The van der Waals surface area contributed by atoms with Gasteiger partial charge in [0, 0.05) is 13.1 Å². The Hall–Kier alpha value is -2.87. The van der Waals surface area contributed by atoms with Crippen LogP contribution in [0.2, 0.25) is 0 Å². The van der Waals surface area contributed by atoms with E-state index in [4.69, 9.17) is 4.74 Å². The first kappa shape index (κ1) is 22.9. The summed E-state index contributed by atoms with van der Waals surface area (Å²) < 4.78 is 34.8. The summed E-state index contributed by atoms with van der Waals surface area (Å²) >= 11 is 0. The van der Waals surface area contributed by atoms with E-state index in [1.54, 1.807) is 40.7 Å². The minimum atomic E-state index is -3.71. The standard InChI is InChI=1S/C27H30N2O4S/c30-23-10-13-26-22(20-23)14-17-29(34(31,32)25-6-2-1-3-7-25)27(26)21-8-11-24(12-9-21)33-19-18-28-15-4-5-16-28/h1-3,6-13,20,27,30H,4-5,14-19H2/t27-/m1/s1. The van der Waals surface area contributed by atoms with Crippen LogP contribution in [0, 0.1) is 0 Å². The molecule has 0 spiro atoms. The molecule has 3 aromatic carbocycles. The van der Waals surface area contributed by atoms with E-state index < -0.39 is 16.1 Å². The normalized spacial score (nSPS) is 19.1. The smallest absolute Gasteiger partial charge is 0.243 e. The lowest BCUT2D eigenvalue weighted by molar-refractivity contribution is 0.237. The SMILES string of the molecule is O=S(=O)(c1ccccc1)N1CCc2cc(O)ccc2[C@H]1c1ccc(OCCN2CCCC2)cc1.